The summed E-state index contributed by atoms with van der Waals surface area (Å²) in [4.78, 5) is 35.6. The number of hydrogen-bond acceptors (Lipinski definition) is 5. The fraction of sp³-hybridized carbons (Fsp3) is 0.333. The van der Waals surface area contributed by atoms with Crippen LogP contribution in [0.3, 0.4) is 0 Å². The highest BCUT2D eigenvalue weighted by Crippen LogP contribution is 2.22. The predicted octanol–water partition coefficient (Wildman–Crippen LogP) is 2.84. The van der Waals surface area contributed by atoms with Gasteiger partial charge in [-0.05, 0) is 50.1 Å². The molecule has 144 valence electrons. The van der Waals surface area contributed by atoms with Crippen molar-refractivity contribution in [3.05, 3.63) is 54.5 Å². The zero-order valence-corrected chi connectivity index (χ0v) is 15.7. The molecule has 1 saturated heterocycles. The lowest BCUT2D eigenvalue weighted by Gasteiger charge is -2.31. The molecular formula is C21H22N4O3. The summed E-state index contributed by atoms with van der Waals surface area (Å²) < 4.78 is 6.99. The van der Waals surface area contributed by atoms with E-state index in [-0.39, 0.29) is 17.8 Å². The third-order valence-corrected chi connectivity index (χ3v) is 5.01. The van der Waals surface area contributed by atoms with Crippen molar-refractivity contribution in [1.82, 2.24) is 19.4 Å². The number of pyridine rings is 1. The number of piperidine rings is 1. The first-order chi connectivity index (χ1) is 13.7. The van der Waals surface area contributed by atoms with Crippen molar-refractivity contribution < 1.29 is 14.3 Å². The number of amides is 1. The number of ether oxygens (including phenoxy) is 1. The minimum absolute atomic E-state index is 0.0757. The molecule has 0 unspecified atom stereocenters. The molecule has 0 aliphatic carbocycles. The van der Waals surface area contributed by atoms with E-state index in [9.17, 15) is 9.59 Å². The van der Waals surface area contributed by atoms with Crippen molar-refractivity contribution in [3.63, 3.8) is 0 Å². The van der Waals surface area contributed by atoms with Gasteiger partial charge < -0.3 is 9.64 Å². The van der Waals surface area contributed by atoms with Crippen molar-refractivity contribution in [3.8, 4) is 5.69 Å². The highest BCUT2D eigenvalue weighted by molar-refractivity contribution is 5.95. The summed E-state index contributed by atoms with van der Waals surface area (Å²) in [5.41, 5.74) is 2.95. The van der Waals surface area contributed by atoms with Crippen LogP contribution in [0.2, 0.25) is 0 Å². The first-order valence-electron chi connectivity index (χ1n) is 9.52. The zero-order valence-electron chi connectivity index (χ0n) is 15.7. The van der Waals surface area contributed by atoms with E-state index < -0.39 is 0 Å². The summed E-state index contributed by atoms with van der Waals surface area (Å²) in [6.07, 6.45) is 4.98. The molecule has 1 atom stereocenters. The maximum absolute atomic E-state index is 13.0. The van der Waals surface area contributed by atoms with Gasteiger partial charge >= 0.3 is 5.97 Å². The van der Waals surface area contributed by atoms with Crippen LogP contribution in [0.1, 0.15) is 30.1 Å². The number of likely N-dealkylation sites (tertiary alicyclic amines) is 1. The number of benzene rings is 1. The van der Waals surface area contributed by atoms with Gasteiger partial charge in [-0.3, -0.25) is 14.2 Å². The minimum atomic E-state index is -0.248. The van der Waals surface area contributed by atoms with E-state index in [1.807, 2.05) is 34.9 Å². The first kappa shape index (κ1) is 18.2. The van der Waals surface area contributed by atoms with Crippen LogP contribution in [0.25, 0.3) is 16.9 Å². The second kappa shape index (κ2) is 7.80. The molecule has 1 aliphatic rings. The standard InChI is InChI=1S/C21H22N4O3/c1-2-28-21(27)16-7-5-11-24(13-16)20(26)15-6-3-8-17(12-15)25-14-23-18-9-4-10-22-19(18)25/h3-4,6,8-10,12,14,16H,2,5,7,11,13H2,1H3/t16-/m1/s1. The molecule has 1 aromatic carbocycles. The molecule has 2 aromatic heterocycles. The van der Waals surface area contributed by atoms with Crippen molar-refractivity contribution in [1.29, 1.82) is 0 Å². The smallest absolute Gasteiger partial charge is 0.310 e. The van der Waals surface area contributed by atoms with Crippen molar-refractivity contribution in [2.45, 2.75) is 19.8 Å². The topological polar surface area (TPSA) is 77.3 Å². The number of carbonyl (C=O) groups excluding carboxylic acids is 2. The van der Waals surface area contributed by atoms with E-state index in [1.54, 1.807) is 30.4 Å². The number of fused-ring (bicyclic) bond motifs is 1. The Morgan fingerprint density at radius 3 is 2.96 bits per heavy atom. The van der Waals surface area contributed by atoms with E-state index in [0.29, 0.717) is 25.3 Å². The van der Waals surface area contributed by atoms with Gasteiger partial charge in [-0.1, -0.05) is 6.07 Å². The highest BCUT2D eigenvalue weighted by atomic mass is 16.5. The van der Waals surface area contributed by atoms with Gasteiger partial charge in [0.15, 0.2) is 5.65 Å². The third kappa shape index (κ3) is 3.47. The lowest BCUT2D eigenvalue weighted by molar-refractivity contribution is -0.149. The largest absolute Gasteiger partial charge is 0.466 e. The SMILES string of the molecule is CCOC(=O)[C@@H]1CCCN(C(=O)c2cccc(-n3cnc4cccnc43)c2)C1. The van der Waals surface area contributed by atoms with Crippen LogP contribution in [-0.4, -0.2) is 51.0 Å². The van der Waals surface area contributed by atoms with Crippen LogP contribution in [-0.2, 0) is 9.53 Å². The molecule has 1 fully saturated rings. The molecule has 7 nitrogen and oxygen atoms in total. The van der Waals surface area contributed by atoms with E-state index >= 15 is 0 Å². The van der Waals surface area contributed by atoms with Gasteiger partial charge in [0.1, 0.15) is 11.8 Å². The molecule has 28 heavy (non-hydrogen) atoms. The Bertz CT molecular complexity index is 1010. The van der Waals surface area contributed by atoms with E-state index in [2.05, 4.69) is 9.97 Å². The number of imidazole rings is 1. The minimum Gasteiger partial charge on any atom is -0.466 e. The van der Waals surface area contributed by atoms with E-state index in [0.717, 1.165) is 29.7 Å². The molecule has 1 aliphatic heterocycles. The highest BCUT2D eigenvalue weighted by Gasteiger charge is 2.29. The number of aromatic nitrogens is 3. The maximum Gasteiger partial charge on any atom is 0.310 e. The molecule has 0 saturated carbocycles. The number of hydrogen-bond donors (Lipinski definition) is 0. The van der Waals surface area contributed by atoms with Crippen molar-refractivity contribution in [2.24, 2.45) is 5.92 Å². The van der Waals surface area contributed by atoms with Gasteiger partial charge in [0, 0.05) is 30.5 Å². The van der Waals surface area contributed by atoms with Crippen LogP contribution < -0.4 is 0 Å². The van der Waals surface area contributed by atoms with Crippen LogP contribution >= 0.6 is 0 Å². The summed E-state index contributed by atoms with van der Waals surface area (Å²) >= 11 is 0. The monoisotopic (exact) mass is 378 g/mol. The fourth-order valence-electron chi connectivity index (χ4n) is 3.62. The molecule has 0 bridgehead atoms. The average Bonchev–Trinajstić information content (AvgIpc) is 3.18. The summed E-state index contributed by atoms with van der Waals surface area (Å²) in [6.45, 7) is 3.20. The Balaban J connectivity index is 1.57. The molecule has 0 spiro atoms. The Hall–Kier alpha value is -3.22. The van der Waals surface area contributed by atoms with Gasteiger partial charge in [0.25, 0.3) is 5.91 Å². The second-order valence-electron chi connectivity index (χ2n) is 6.85. The lowest BCUT2D eigenvalue weighted by atomic mass is 9.97. The van der Waals surface area contributed by atoms with Crippen LogP contribution in [0, 0.1) is 5.92 Å². The molecule has 4 rings (SSSR count). The fourth-order valence-corrected chi connectivity index (χ4v) is 3.62. The molecule has 7 heteroatoms. The second-order valence-corrected chi connectivity index (χ2v) is 6.85. The van der Waals surface area contributed by atoms with Gasteiger partial charge in [0.2, 0.25) is 0 Å². The maximum atomic E-state index is 13.0. The molecule has 0 N–H and O–H groups in total. The molecule has 0 radical (unpaired) electrons. The predicted molar refractivity (Wildman–Crippen MR) is 104 cm³/mol. The summed E-state index contributed by atoms with van der Waals surface area (Å²) in [7, 11) is 0. The van der Waals surface area contributed by atoms with Gasteiger partial charge in [-0.15, -0.1) is 0 Å². The first-order valence-corrected chi connectivity index (χ1v) is 9.52. The lowest BCUT2D eigenvalue weighted by Crippen LogP contribution is -2.42. The van der Waals surface area contributed by atoms with Crippen LogP contribution in [0.4, 0.5) is 0 Å². The number of esters is 1. The summed E-state index contributed by atoms with van der Waals surface area (Å²) in [6, 6.07) is 11.2. The molecule has 1 amide bonds. The summed E-state index contributed by atoms with van der Waals surface area (Å²) in [5, 5.41) is 0. The average molecular weight is 378 g/mol. The van der Waals surface area contributed by atoms with E-state index in [1.165, 1.54) is 0 Å². The zero-order chi connectivity index (χ0) is 19.5. The number of rotatable bonds is 4. The Kier molecular flexibility index (Phi) is 5.06. The molecule has 3 aromatic rings. The Morgan fingerprint density at radius 1 is 1.21 bits per heavy atom. The summed E-state index contributed by atoms with van der Waals surface area (Å²) in [5.74, 6) is -0.541. The van der Waals surface area contributed by atoms with Crippen LogP contribution in [0.15, 0.2) is 48.9 Å². The molecular weight excluding hydrogens is 356 g/mol. The van der Waals surface area contributed by atoms with Crippen LogP contribution in [0.5, 0.6) is 0 Å². The van der Waals surface area contributed by atoms with E-state index in [4.69, 9.17) is 4.74 Å². The number of carbonyl (C=O) groups is 2. The Labute approximate surface area is 163 Å². The number of nitrogens with zero attached hydrogens (tertiary/aromatic N) is 4. The molecule has 3 heterocycles. The van der Waals surface area contributed by atoms with Gasteiger partial charge in [-0.25, -0.2) is 9.97 Å². The Morgan fingerprint density at radius 2 is 2.11 bits per heavy atom. The third-order valence-electron chi connectivity index (χ3n) is 5.01. The van der Waals surface area contributed by atoms with Crippen molar-refractivity contribution in [2.75, 3.05) is 19.7 Å². The quantitative estimate of drug-likeness (QED) is 0.653. The van der Waals surface area contributed by atoms with Crippen molar-refractivity contribution >= 4 is 23.0 Å². The van der Waals surface area contributed by atoms with Gasteiger partial charge in [0.05, 0.1) is 12.5 Å². The normalized spacial score (nSPS) is 16.9. The van der Waals surface area contributed by atoms with Gasteiger partial charge in [-0.2, -0.15) is 0 Å².